The minimum Gasteiger partial charge on any atom is -0.494 e. The second kappa shape index (κ2) is 11.8. The third kappa shape index (κ3) is 5.75. The number of rotatable bonds is 6. The highest BCUT2D eigenvalue weighted by Gasteiger charge is 2.36. The monoisotopic (exact) mass is 719 g/mol. The molecule has 5 rings (SSSR count). The Balaban J connectivity index is 1.60. The summed E-state index contributed by atoms with van der Waals surface area (Å²) < 4.78 is 33.4. The van der Waals surface area contributed by atoms with Crippen LogP contribution in [0.3, 0.4) is 0 Å². The number of allylic oxidation sites excluding steroid dienone is 1. The van der Waals surface area contributed by atoms with Crippen LogP contribution in [-0.2, 0) is 14.3 Å². The number of hydrogen-bond donors (Lipinski definition) is 0. The van der Waals surface area contributed by atoms with Gasteiger partial charge in [0, 0.05) is 28.7 Å². The molecular formula is C29H21Br3FNO5. The number of halogens is 4. The first-order valence-corrected chi connectivity index (χ1v) is 14.3. The van der Waals surface area contributed by atoms with E-state index >= 15 is 4.39 Å². The van der Waals surface area contributed by atoms with E-state index in [1.54, 1.807) is 42.5 Å². The van der Waals surface area contributed by atoms with E-state index in [9.17, 15) is 9.59 Å². The summed E-state index contributed by atoms with van der Waals surface area (Å²) in [5.74, 6) is -1.01. The Morgan fingerprint density at radius 3 is 2.28 bits per heavy atom. The summed E-state index contributed by atoms with van der Waals surface area (Å²) in [5.41, 5.74) is 2.06. The topological polar surface area (TPSA) is 65.1 Å². The molecule has 39 heavy (non-hydrogen) atoms. The number of nitrogens with zero attached hydrogens (tertiary/aromatic N) is 1. The minimum atomic E-state index is -0.780. The summed E-state index contributed by atoms with van der Waals surface area (Å²) in [6, 6.07) is 15.2. The highest BCUT2D eigenvalue weighted by molar-refractivity contribution is 9.11. The molecule has 2 heterocycles. The molecule has 0 spiro atoms. The van der Waals surface area contributed by atoms with Crippen LogP contribution in [0.15, 0.2) is 79.3 Å². The Morgan fingerprint density at radius 1 is 1.00 bits per heavy atom. The minimum absolute atomic E-state index is 0.113. The van der Waals surface area contributed by atoms with Crippen molar-refractivity contribution >= 4 is 76.9 Å². The number of hydrogen-bond acceptors (Lipinski definition) is 6. The van der Waals surface area contributed by atoms with Crippen molar-refractivity contribution < 1.29 is 28.2 Å². The number of ketones is 1. The molecule has 0 atom stereocenters. The van der Waals surface area contributed by atoms with Crippen molar-refractivity contribution in [1.82, 2.24) is 0 Å². The van der Waals surface area contributed by atoms with Gasteiger partial charge < -0.3 is 19.1 Å². The molecule has 3 aromatic carbocycles. The highest BCUT2D eigenvalue weighted by Crippen LogP contribution is 2.40. The Kier molecular flexibility index (Phi) is 8.37. The predicted molar refractivity (Wildman–Crippen MR) is 157 cm³/mol. The number of carbonyl (C=O) groups is 2. The van der Waals surface area contributed by atoms with Gasteiger partial charge in [-0.2, -0.15) is 0 Å². The van der Waals surface area contributed by atoms with Crippen molar-refractivity contribution in [2.24, 2.45) is 0 Å². The van der Waals surface area contributed by atoms with Crippen molar-refractivity contribution in [2.75, 3.05) is 38.3 Å². The molecular weight excluding hydrogens is 701 g/mol. The maximum atomic E-state index is 15.1. The molecule has 0 N–H and O–H groups in total. The van der Waals surface area contributed by atoms with Gasteiger partial charge in [0.1, 0.15) is 22.9 Å². The van der Waals surface area contributed by atoms with Crippen LogP contribution in [0.2, 0.25) is 0 Å². The second-order valence-corrected chi connectivity index (χ2v) is 11.4. The molecule has 0 aromatic heterocycles. The number of ether oxygens (including phenoxy) is 3. The van der Waals surface area contributed by atoms with E-state index < -0.39 is 17.6 Å². The first kappa shape index (κ1) is 27.8. The lowest BCUT2D eigenvalue weighted by atomic mass is 9.93. The summed E-state index contributed by atoms with van der Waals surface area (Å²) in [6.45, 7) is 2.30. The highest BCUT2D eigenvalue weighted by atomic mass is 79.9. The van der Waals surface area contributed by atoms with Crippen LogP contribution in [0, 0.1) is 5.82 Å². The Hall–Kier alpha value is -2.79. The fourth-order valence-corrected chi connectivity index (χ4v) is 6.27. The van der Waals surface area contributed by atoms with Gasteiger partial charge in [0.15, 0.2) is 0 Å². The molecule has 0 aliphatic carbocycles. The molecule has 0 unspecified atom stereocenters. The summed E-state index contributed by atoms with van der Waals surface area (Å²) in [4.78, 5) is 28.8. The van der Waals surface area contributed by atoms with Gasteiger partial charge in [-0.25, -0.2) is 9.18 Å². The van der Waals surface area contributed by atoms with Gasteiger partial charge in [0.05, 0.1) is 35.0 Å². The normalized spacial score (nSPS) is 16.6. The third-order valence-electron chi connectivity index (χ3n) is 6.35. The zero-order valence-electron chi connectivity index (χ0n) is 20.6. The smallest absolute Gasteiger partial charge is 0.348 e. The van der Waals surface area contributed by atoms with Gasteiger partial charge in [-0.05, 0) is 85.5 Å². The van der Waals surface area contributed by atoms with E-state index in [2.05, 4.69) is 47.8 Å². The molecule has 0 bridgehead atoms. The number of Topliss-reactive ketones (excluding diaryl/α,β-unsaturated/α-hetero) is 1. The molecule has 0 saturated carbocycles. The first-order chi connectivity index (χ1) is 18.8. The molecule has 10 heteroatoms. The van der Waals surface area contributed by atoms with Gasteiger partial charge in [-0.1, -0.05) is 34.1 Å². The van der Waals surface area contributed by atoms with Crippen molar-refractivity contribution in [3.05, 3.63) is 102 Å². The number of cyclic esters (lactones) is 1. The second-order valence-electron chi connectivity index (χ2n) is 8.77. The van der Waals surface area contributed by atoms with Gasteiger partial charge in [0.25, 0.3) is 0 Å². The van der Waals surface area contributed by atoms with Gasteiger partial charge in [0.2, 0.25) is 5.78 Å². The molecule has 2 aliphatic heterocycles. The Labute approximate surface area is 249 Å². The van der Waals surface area contributed by atoms with Crippen molar-refractivity contribution in [2.45, 2.75) is 0 Å². The number of methoxy groups -OCH3 is 1. The molecule has 3 aromatic rings. The lowest BCUT2D eigenvalue weighted by Gasteiger charge is -2.29. The fraction of sp³-hybridized carbons (Fsp3) is 0.172. The average molecular weight is 722 g/mol. The summed E-state index contributed by atoms with van der Waals surface area (Å²) in [5, 5.41) is 0. The van der Waals surface area contributed by atoms with Crippen LogP contribution < -0.4 is 9.64 Å². The average Bonchev–Trinajstić information content (AvgIpc) is 3.24. The third-order valence-corrected chi connectivity index (χ3v) is 8.06. The standard InChI is InChI=1S/C29H21Br3FNO5/c1-37-28-20(31)14-18(15-21(28)32)27(35)26-25(17-3-5-19(30)6-4-17)24(39-29(26)36)13-16-2-7-23(22(33)12-16)34-8-10-38-11-9-34/h2-7,12-15H,8-11H2,1H3/b24-13-. The number of benzene rings is 3. The van der Waals surface area contributed by atoms with Gasteiger partial charge >= 0.3 is 5.97 Å². The van der Waals surface area contributed by atoms with E-state index in [-0.39, 0.29) is 16.9 Å². The van der Waals surface area contributed by atoms with E-state index in [4.69, 9.17) is 14.2 Å². The van der Waals surface area contributed by atoms with Crippen molar-refractivity contribution in [3.63, 3.8) is 0 Å². The fourth-order valence-electron chi connectivity index (χ4n) is 4.49. The largest absolute Gasteiger partial charge is 0.494 e. The predicted octanol–water partition coefficient (Wildman–Crippen LogP) is 7.19. The molecule has 1 saturated heterocycles. The first-order valence-electron chi connectivity index (χ1n) is 11.9. The summed E-state index contributed by atoms with van der Waals surface area (Å²) >= 11 is 10.2. The maximum Gasteiger partial charge on any atom is 0.348 e. The van der Waals surface area contributed by atoms with E-state index in [1.165, 1.54) is 13.2 Å². The van der Waals surface area contributed by atoms with E-state index in [1.807, 2.05) is 17.0 Å². The van der Waals surface area contributed by atoms with Gasteiger partial charge in [-0.15, -0.1) is 0 Å². The summed E-state index contributed by atoms with van der Waals surface area (Å²) in [6.07, 6.45) is 1.57. The van der Waals surface area contributed by atoms with Crippen LogP contribution in [0.5, 0.6) is 5.75 Å². The van der Waals surface area contributed by atoms with Crippen LogP contribution in [0.4, 0.5) is 10.1 Å². The molecule has 200 valence electrons. The van der Waals surface area contributed by atoms with Crippen LogP contribution >= 0.6 is 47.8 Å². The molecule has 0 amide bonds. The van der Waals surface area contributed by atoms with Crippen molar-refractivity contribution in [3.8, 4) is 5.75 Å². The quantitative estimate of drug-likeness (QED) is 0.153. The molecule has 0 radical (unpaired) electrons. The molecule has 2 aliphatic rings. The maximum absolute atomic E-state index is 15.1. The Morgan fingerprint density at radius 2 is 1.67 bits per heavy atom. The zero-order chi connectivity index (χ0) is 27.7. The SMILES string of the molecule is COc1c(Br)cc(C(=O)C2=C(c3ccc(Br)cc3)/C(=C/c3ccc(N4CCOCC4)c(F)c3)OC2=O)cc1Br. The zero-order valence-corrected chi connectivity index (χ0v) is 25.4. The van der Waals surface area contributed by atoms with Crippen LogP contribution in [0.1, 0.15) is 21.5 Å². The van der Waals surface area contributed by atoms with E-state index in [0.29, 0.717) is 63.4 Å². The molecule has 6 nitrogen and oxygen atoms in total. The number of carbonyl (C=O) groups excluding carboxylic acids is 2. The summed E-state index contributed by atoms with van der Waals surface area (Å²) in [7, 11) is 1.52. The van der Waals surface area contributed by atoms with Crippen LogP contribution in [-0.4, -0.2) is 45.2 Å². The molecule has 1 fully saturated rings. The number of anilines is 1. The number of morpholine rings is 1. The van der Waals surface area contributed by atoms with Crippen molar-refractivity contribution in [1.29, 1.82) is 0 Å². The Bertz CT molecular complexity index is 1510. The lowest BCUT2D eigenvalue weighted by Crippen LogP contribution is -2.36. The van der Waals surface area contributed by atoms with Crippen LogP contribution in [0.25, 0.3) is 11.6 Å². The lowest BCUT2D eigenvalue weighted by molar-refractivity contribution is -0.132. The van der Waals surface area contributed by atoms with E-state index in [0.717, 1.165) is 4.47 Å². The van der Waals surface area contributed by atoms with Gasteiger partial charge in [-0.3, -0.25) is 4.79 Å². The number of esters is 1.